The lowest BCUT2D eigenvalue weighted by molar-refractivity contribution is -0.130. The summed E-state index contributed by atoms with van der Waals surface area (Å²) in [6.07, 6.45) is 5.00. The molecule has 2 atom stereocenters. The van der Waals surface area contributed by atoms with Gasteiger partial charge in [-0.25, -0.2) is 4.79 Å². The van der Waals surface area contributed by atoms with Crippen LogP contribution in [-0.4, -0.2) is 53.5 Å². The van der Waals surface area contributed by atoms with Gasteiger partial charge in [0.1, 0.15) is 12.1 Å². The predicted octanol–water partition coefficient (Wildman–Crippen LogP) is 3.21. The molecule has 190 valence electrons. The van der Waals surface area contributed by atoms with E-state index < -0.39 is 17.6 Å². The molecule has 1 saturated heterocycles. The molecular weight excluding hydrogens is 430 g/mol. The highest BCUT2D eigenvalue weighted by atomic mass is 16.2. The van der Waals surface area contributed by atoms with Gasteiger partial charge in [-0.1, -0.05) is 38.8 Å². The maximum Gasteiger partial charge on any atom is 0.318 e. The van der Waals surface area contributed by atoms with Crippen molar-refractivity contribution in [3.05, 3.63) is 29.8 Å². The van der Waals surface area contributed by atoms with Crippen molar-refractivity contribution >= 4 is 23.5 Å². The van der Waals surface area contributed by atoms with Crippen LogP contribution < -0.4 is 21.7 Å². The van der Waals surface area contributed by atoms with Gasteiger partial charge in [0.2, 0.25) is 11.8 Å². The summed E-state index contributed by atoms with van der Waals surface area (Å²) in [5, 5.41) is 8.81. The summed E-state index contributed by atoms with van der Waals surface area (Å²) in [5.74, 6) is -0.416. The quantitative estimate of drug-likeness (QED) is 0.434. The Labute approximate surface area is 204 Å². The Morgan fingerprint density at radius 1 is 0.912 bits per heavy atom. The van der Waals surface area contributed by atoms with Gasteiger partial charge in [-0.15, -0.1) is 0 Å². The molecule has 0 aliphatic carbocycles. The fraction of sp³-hybridized carbons (Fsp3) is 0.654. The third-order valence-corrected chi connectivity index (χ3v) is 5.77. The minimum atomic E-state index is -0.778. The van der Waals surface area contributed by atoms with E-state index in [1.165, 1.54) is 0 Å². The van der Waals surface area contributed by atoms with E-state index >= 15 is 0 Å². The molecule has 4 amide bonds. The van der Waals surface area contributed by atoms with Gasteiger partial charge in [0.25, 0.3) is 0 Å². The van der Waals surface area contributed by atoms with Crippen LogP contribution in [0.1, 0.15) is 72.3 Å². The van der Waals surface area contributed by atoms with Crippen molar-refractivity contribution in [2.75, 3.05) is 18.8 Å². The standard InChI is InChI=1S/C26H43N5O3/c1-18(2)16-21(29-25(34)31-14-8-6-7-9-15-31)23(32)28-22(24(33)30-26(3,4)5)17-19-10-12-20(27)13-11-19/h10-13,18,21-22H,6-9,14-17,27H2,1-5H3,(H,28,32)(H,29,34)(H,30,33)/t21-,22-/m0/s1. The number of nitrogens with two attached hydrogens (primary N) is 1. The molecule has 0 saturated carbocycles. The van der Waals surface area contributed by atoms with Crippen molar-refractivity contribution in [2.24, 2.45) is 5.92 Å². The summed E-state index contributed by atoms with van der Waals surface area (Å²) >= 11 is 0. The first kappa shape index (κ1) is 27.5. The minimum absolute atomic E-state index is 0.194. The lowest BCUT2D eigenvalue weighted by atomic mass is 10.00. The highest BCUT2D eigenvalue weighted by Crippen LogP contribution is 2.13. The van der Waals surface area contributed by atoms with E-state index in [0.717, 1.165) is 31.2 Å². The number of amides is 4. The fourth-order valence-electron chi connectivity index (χ4n) is 4.04. The lowest BCUT2D eigenvalue weighted by Crippen LogP contribution is -2.58. The highest BCUT2D eigenvalue weighted by Gasteiger charge is 2.30. The number of rotatable bonds is 8. The van der Waals surface area contributed by atoms with Gasteiger partial charge < -0.3 is 26.6 Å². The minimum Gasteiger partial charge on any atom is -0.399 e. The number of anilines is 1. The molecule has 1 aromatic rings. The Morgan fingerprint density at radius 3 is 2.03 bits per heavy atom. The molecule has 1 aromatic carbocycles. The number of hydrogen-bond acceptors (Lipinski definition) is 4. The molecule has 0 bridgehead atoms. The third-order valence-electron chi connectivity index (χ3n) is 5.77. The molecule has 2 rings (SSSR count). The first-order valence-electron chi connectivity index (χ1n) is 12.5. The topological polar surface area (TPSA) is 117 Å². The number of nitrogens with one attached hydrogen (secondary N) is 3. The molecule has 8 heteroatoms. The number of nitrogen functional groups attached to an aromatic ring is 1. The zero-order valence-electron chi connectivity index (χ0n) is 21.4. The molecular formula is C26H43N5O3. The predicted molar refractivity (Wildman–Crippen MR) is 136 cm³/mol. The van der Waals surface area contributed by atoms with Crippen LogP contribution in [0.3, 0.4) is 0 Å². The number of benzene rings is 1. The normalized spacial score (nSPS) is 16.4. The summed E-state index contributed by atoms with van der Waals surface area (Å²) in [5.41, 5.74) is 6.87. The molecule has 1 fully saturated rings. The number of carbonyl (C=O) groups is 3. The maximum atomic E-state index is 13.3. The second kappa shape index (κ2) is 12.6. The number of nitrogens with zero attached hydrogens (tertiary/aromatic N) is 1. The molecule has 1 aliphatic rings. The molecule has 0 radical (unpaired) electrons. The maximum absolute atomic E-state index is 13.3. The van der Waals surface area contributed by atoms with Crippen molar-refractivity contribution in [1.29, 1.82) is 0 Å². The number of likely N-dealkylation sites (tertiary alicyclic amines) is 1. The van der Waals surface area contributed by atoms with Crippen molar-refractivity contribution in [3.8, 4) is 0 Å². The van der Waals surface area contributed by atoms with Crippen molar-refractivity contribution < 1.29 is 14.4 Å². The van der Waals surface area contributed by atoms with Crippen molar-refractivity contribution in [1.82, 2.24) is 20.9 Å². The average molecular weight is 474 g/mol. The molecule has 34 heavy (non-hydrogen) atoms. The smallest absolute Gasteiger partial charge is 0.318 e. The largest absolute Gasteiger partial charge is 0.399 e. The fourth-order valence-corrected chi connectivity index (χ4v) is 4.04. The van der Waals surface area contributed by atoms with Gasteiger partial charge >= 0.3 is 6.03 Å². The van der Waals surface area contributed by atoms with E-state index in [2.05, 4.69) is 16.0 Å². The highest BCUT2D eigenvalue weighted by molar-refractivity contribution is 5.92. The van der Waals surface area contributed by atoms with Crippen LogP contribution in [0, 0.1) is 5.92 Å². The van der Waals surface area contributed by atoms with E-state index in [1.807, 2.05) is 46.8 Å². The summed E-state index contributed by atoms with van der Waals surface area (Å²) in [6, 6.07) is 5.55. The Morgan fingerprint density at radius 2 is 1.50 bits per heavy atom. The van der Waals surface area contributed by atoms with E-state index in [0.29, 0.717) is 31.6 Å². The Kier molecular flexibility index (Phi) is 10.2. The molecule has 0 spiro atoms. The Bertz CT molecular complexity index is 809. The van der Waals surface area contributed by atoms with Gasteiger partial charge in [-0.2, -0.15) is 0 Å². The van der Waals surface area contributed by atoms with Gasteiger partial charge in [-0.3, -0.25) is 9.59 Å². The Balaban J connectivity index is 2.16. The summed E-state index contributed by atoms with van der Waals surface area (Å²) in [7, 11) is 0. The van der Waals surface area contributed by atoms with Gasteiger partial charge in [0.15, 0.2) is 0 Å². The van der Waals surface area contributed by atoms with E-state index in [4.69, 9.17) is 5.73 Å². The number of urea groups is 1. The second-order valence-corrected chi connectivity index (χ2v) is 10.8. The molecule has 0 aromatic heterocycles. The SMILES string of the molecule is CC(C)C[C@H](NC(=O)N1CCCCCC1)C(=O)N[C@@H](Cc1ccc(N)cc1)C(=O)NC(C)(C)C. The van der Waals surface area contributed by atoms with Crippen LogP contribution in [0.2, 0.25) is 0 Å². The van der Waals surface area contributed by atoms with Gasteiger partial charge in [0, 0.05) is 30.7 Å². The van der Waals surface area contributed by atoms with Gasteiger partial charge in [-0.05, 0) is 63.6 Å². The molecule has 1 aliphatic heterocycles. The van der Waals surface area contributed by atoms with E-state index in [1.54, 1.807) is 17.0 Å². The summed E-state index contributed by atoms with van der Waals surface area (Å²) in [6.45, 7) is 11.1. The average Bonchev–Trinajstić information content (AvgIpc) is 3.02. The van der Waals surface area contributed by atoms with E-state index in [-0.39, 0.29) is 23.8 Å². The zero-order valence-corrected chi connectivity index (χ0v) is 21.4. The van der Waals surface area contributed by atoms with Crippen LogP contribution in [-0.2, 0) is 16.0 Å². The van der Waals surface area contributed by atoms with Crippen molar-refractivity contribution in [2.45, 2.75) is 90.8 Å². The molecule has 5 N–H and O–H groups in total. The van der Waals surface area contributed by atoms with Crippen molar-refractivity contribution in [3.63, 3.8) is 0 Å². The zero-order chi connectivity index (χ0) is 25.3. The molecule has 8 nitrogen and oxygen atoms in total. The Hall–Kier alpha value is -2.77. The molecule has 0 unspecified atom stereocenters. The van der Waals surface area contributed by atoms with Crippen LogP contribution in [0.25, 0.3) is 0 Å². The first-order chi connectivity index (χ1) is 15.9. The summed E-state index contributed by atoms with van der Waals surface area (Å²) < 4.78 is 0. The summed E-state index contributed by atoms with van der Waals surface area (Å²) in [4.78, 5) is 41.1. The van der Waals surface area contributed by atoms with Crippen LogP contribution in [0.5, 0.6) is 0 Å². The molecule has 1 heterocycles. The lowest BCUT2D eigenvalue weighted by Gasteiger charge is -2.29. The number of carbonyl (C=O) groups excluding carboxylic acids is 3. The third kappa shape index (κ3) is 9.61. The van der Waals surface area contributed by atoms with E-state index in [9.17, 15) is 14.4 Å². The number of hydrogen-bond donors (Lipinski definition) is 4. The van der Waals surface area contributed by atoms with Gasteiger partial charge in [0.05, 0.1) is 0 Å². The van der Waals surface area contributed by atoms with Crippen LogP contribution in [0.15, 0.2) is 24.3 Å². The monoisotopic (exact) mass is 473 g/mol. The first-order valence-corrected chi connectivity index (χ1v) is 12.5. The van der Waals surface area contributed by atoms with Crippen LogP contribution >= 0.6 is 0 Å². The second-order valence-electron chi connectivity index (χ2n) is 10.8. The van der Waals surface area contributed by atoms with Crippen LogP contribution in [0.4, 0.5) is 10.5 Å².